The number of nitrogens with zero attached hydrogens (tertiary/aromatic N) is 5. The van der Waals surface area contributed by atoms with E-state index in [4.69, 9.17) is 10.5 Å². The zero-order chi connectivity index (χ0) is 24.2. The molecule has 0 bridgehead atoms. The summed E-state index contributed by atoms with van der Waals surface area (Å²) in [4.78, 5) is 27.0. The topological polar surface area (TPSA) is 98.6 Å². The lowest BCUT2D eigenvalue weighted by Gasteiger charge is -2.38. The molecule has 0 aliphatic carbocycles. The van der Waals surface area contributed by atoms with Gasteiger partial charge >= 0.3 is 6.18 Å². The van der Waals surface area contributed by atoms with E-state index in [0.717, 1.165) is 12.1 Å². The second-order valence-electron chi connectivity index (χ2n) is 8.05. The molecule has 0 spiro atoms. The Hall–Kier alpha value is -3.80. The maximum Gasteiger partial charge on any atom is 0.417 e. The zero-order valence-electron chi connectivity index (χ0n) is 17.8. The van der Waals surface area contributed by atoms with E-state index >= 15 is 4.39 Å². The number of carbonyl (C=O) groups excluding carboxylic acids is 1. The van der Waals surface area contributed by atoms with Crippen molar-refractivity contribution in [1.29, 1.82) is 0 Å². The fourth-order valence-electron chi connectivity index (χ4n) is 4.06. The summed E-state index contributed by atoms with van der Waals surface area (Å²) in [7, 11) is 0. The second-order valence-corrected chi connectivity index (χ2v) is 8.05. The third kappa shape index (κ3) is 3.69. The number of hydrogen-bond donors (Lipinski definition) is 1. The summed E-state index contributed by atoms with van der Waals surface area (Å²) in [5.74, 6) is -1.28. The molecule has 1 saturated heterocycles. The SMILES string of the molecule is C[C@@H]1CN(C(=O)c2cc3c(cc2F)nc(N)c2cncn23)[C@@H](c2ccc(C(F)(F)F)cn2)CO1. The predicted molar refractivity (Wildman–Crippen MR) is 113 cm³/mol. The van der Waals surface area contributed by atoms with E-state index in [2.05, 4.69) is 15.0 Å². The number of nitrogens with two attached hydrogens (primary N) is 1. The summed E-state index contributed by atoms with van der Waals surface area (Å²) in [6.07, 6.45) is -1.21. The van der Waals surface area contributed by atoms with Gasteiger partial charge in [0.1, 0.15) is 17.2 Å². The van der Waals surface area contributed by atoms with Gasteiger partial charge < -0.3 is 15.4 Å². The minimum atomic E-state index is -4.54. The van der Waals surface area contributed by atoms with Gasteiger partial charge in [-0.15, -0.1) is 0 Å². The molecule has 8 nitrogen and oxygen atoms in total. The molecule has 1 aromatic carbocycles. The smallest absolute Gasteiger partial charge is 0.382 e. The third-order valence-corrected chi connectivity index (χ3v) is 5.78. The summed E-state index contributed by atoms with van der Waals surface area (Å²) < 4.78 is 61.1. The largest absolute Gasteiger partial charge is 0.417 e. The Kier molecular flexibility index (Phi) is 5.12. The molecule has 1 aliphatic heterocycles. The fourth-order valence-corrected chi connectivity index (χ4v) is 4.06. The lowest BCUT2D eigenvalue weighted by atomic mass is 10.0. The van der Waals surface area contributed by atoms with Crippen molar-refractivity contribution in [3.8, 4) is 0 Å². The standard InChI is InChI=1S/C22H18F4N6O2/c1-11-8-31(19(9-34-11)15-3-2-12(6-29-15)22(24,25)26)21(33)13-4-17-16(5-14(13)23)30-20(27)18-7-28-10-32(17)18/h2-7,10-11,19H,8-9H2,1H3,(H2,27,30)/t11-,19-/m1/s1. The van der Waals surface area contributed by atoms with E-state index in [9.17, 15) is 18.0 Å². The van der Waals surface area contributed by atoms with Crippen molar-refractivity contribution < 1.29 is 27.1 Å². The van der Waals surface area contributed by atoms with Gasteiger partial charge in [-0.2, -0.15) is 13.2 Å². The van der Waals surface area contributed by atoms with Crippen LogP contribution in [0.5, 0.6) is 0 Å². The van der Waals surface area contributed by atoms with E-state index in [0.29, 0.717) is 17.2 Å². The Bertz CT molecular complexity index is 1400. The number of anilines is 1. The first-order valence-corrected chi connectivity index (χ1v) is 10.3. The van der Waals surface area contributed by atoms with Crippen LogP contribution in [0.25, 0.3) is 16.6 Å². The number of aromatic nitrogens is 4. The van der Waals surface area contributed by atoms with Crippen LogP contribution in [0.4, 0.5) is 23.4 Å². The van der Waals surface area contributed by atoms with Gasteiger partial charge in [-0.05, 0) is 25.1 Å². The van der Waals surface area contributed by atoms with Crippen molar-refractivity contribution in [2.75, 3.05) is 18.9 Å². The van der Waals surface area contributed by atoms with Crippen LogP contribution in [0.2, 0.25) is 0 Å². The number of alkyl halides is 3. The summed E-state index contributed by atoms with van der Waals surface area (Å²) >= 11 is 0. The Balaban J connectivity index is 1.56. The van der Waals surface area contributed by atoms with Crippen LogP contribution >= 0.6 is 0 Å². The number of nitrogen functional groups attached to an aromatic ring is 1. The highest BCUT2D eigenvalue weighted by molar-refractivity contribution is 5.98. The van der Waals surface area contributed by atoms with E-state index in [1.807, 2.05) is 0 Å². The van der Waals surface area contributed by atoms with Crippen LogP contribution in [-0.4, -0.2) is 49.4 Å². The summed E-state index contributed by atoms with van der Waals surface area (Å²) in [5, 5.41) is 0. The molecule has 0 unspecified atom stereocenters. The molecule has 1 fully saturated rings. The average molecular weight is 474 g/mol. The Labute approximate surface area is 190 Å². The van der Waals surface area contributed by atoms with E-state index in [-0.39, 0.29) is 41.8 Å². The minimum absolute atomic E-state index is 0.00429. The summed E-state index contributed by atoms with van der Waals surface area (Å²) in [6.45, 7) is 1.85. The first kappa shape index (κ1) is 22.0. The van der Waals surface area contributed by atoms with E-state index < -0.39 is 29.5 Å². The van der Waals surface area contributed by atoms with Crippen molar-refractivity contribution in [2.45, 2.75) is 25.2 Å². The monoisotopic (exact) mass is 474 g/mol. The second kappa shape index (κ2) is 7.90. The number of amides is 1. The first-order chi connectivity index (χ1) is 16.1. The van der Waals surface area contributed by atoms with Crippen LogP contribution in [-0.2, 0) is 10.9 Å². The van der Waals surface area contributed by atoms with E-state index in [1.165, 1.54) is 29.6 Å². The molecule has 4 aromatic rings. The number of ether oxygens (including phenoxy) is 1. The number of carbonyl (C=O) groups is 1. The van der Waals surface area contributed by atoms with Crippen LogP contribution in [0.1, 0.15) is 34.6 Å². The molecule has 34 heavy (non-hydrogen) atoms. The molecule has 1 amide bonds. The number of rotatable bonds is 2. The molecule has 176 valence electrons. The number of imidazole rings is 1. The van der Waals surface area contributed by atoms with Crippen LogP contribution < -0.4 is 5.73 Å². The van der Waals surface area contributed by atoms with Crippen molar-refractivity contribution in [3.05, 3.63) is 65.6 Å². The van der Waals surface area contributed by atoms with E-state index in [1.54, 1.807) is 11.3 Å². The molecular formula is C22H18F4N6O2. The zero-order valence-corrected chi connectivity index (χ0v) is 17.8. The Morgan fingerprint density at radius 3 is 2.71 bits per heavy atom. The first-order valence-electron chi connectivity index (χ1n) is 10.3. The number of fused-ring (bicyclic) bond motifs is 3. The molecular weight excluding hydrogens is 456 g/mol. The quantitative estimate of drug-likeness (QED) is 0.446. The van der Waals surface area contributed by atoms with Gasteiger partial charge in [0, 0.05) is 18.8 Å². The van der Waals surface area contributed by atoms with Gasteiger partial charge in [-0.25, -0.2) is 14.4 Å². The maximum atomic E-state index is 15.1. The number of morpholine rings is 1. The fraction of sp³-hybridized carbons (Fsp3) is 0.273. The molecule has 1 aliphatic rings. The van der Waals surface area contributed by atoms with Gasteiger partial charge in [0.2, 0.25) is 0 Å². The Morgan fingerprint density at radius 2 is 2.00 bits per heavy atom. The average Bonchev–Trinajstić information content (AvgIpc) is 3.29. The number of halogens is 4. The molecule has 5 rings (SSSR count). The number of pyridine rings is 1. The highest BCUT2D eigenvalue weighted by Crippen LogP contribution is 2.32. The summed E-state index contributed by atoms with van der Waals surface area (Å²) in [6, 6.07) is 3.79. The molecule has 0 saturated carbocycles. The normalized spacial score (nSPS) is 19.1. The molecule has 3 aromatic heterocycles. The Morgan fingerprint density at radius 1 is 1.21 bits per heavy atom. The van der Waals surface area contributed by atoms with Crippen molar-refractivity contribution in [2.24, 2.45) is 0 Å². The maximum absolute atomic E-state index is 15.1. The molecule has 12 heteroatoms. The van der Waals surface area contributed by atoms with Gasteiger partial charge in [0.05, 0.1) is 59.1 Å². The van der Waals surface area contributed by atoms with Gasteiger partial charge in [0.25, 0.3) is 5.91 Å². The lowest BCUT2D eigenvalue weighted by Crippen LogP contribution is -2.47. The van der Waals surface area contributed by atoms with Crippen molar-refractivity contribution in [1.82, 2.24) is 24.3 Å². The highest BCUT2D eigenvalue weighted by atomic mass is 19.4. The molecule has 2 N–H and O–H groups in total. The molecule has 4 heterocycles. The highest BCUT2D eigenvalue weighted by Gasteiger charge is 2.36. The van der Waals surface area contributed by atoms with Crippen molar-refractivity contribution >= 4 is 28.3 Å². The molecule has 2 atom stereocenters. The van der Waals surface area contributed by atoms with Crippen LogP contribution in [0.15, 0.2) is 43.0 Å². The number of benzene rings is 1. The predicted octanol–water partition coefficient (Wildman–Crippen LogP) is 3.62. The minimum Gasteiger partial charge on any atom is -0.382 e. The van der Waals surface area contributed by atoms with Gasteiger partial charge in [-0.3, -0.25) is 14.2 Å². The van der Waals surface area contributed by atoms with Gasteiger partial charge in [0.15, 0.2) is 0 Å². The van der Waals surface area contributed by atoms with Crippen LogP contribution in [0, 0.1) is 5.82 Å². The number of hydrogen-bond acceptors (Lipinski definition) is 6. The van der Waals surface area contributed by atoms with Crippen molar-refractivity contribution in [3.63, 3.8) is 0 Å². The molecule has 0 radical (unpaired) electrons. The van der Waals surface area contributed by atoms with Crippen LogP contribution in [0.3, 0.4) is 0 Å². The third-order valence-electron chi connectivity index (χ3n) is 5.78. The lowest BCUT2D eigenvalue weighted by molar-refractivity contribution is -0.137. The van der Waals surface area contributed by atoms with Gasteiger partial charge in [-0.1, -0.05) is 0 Å². The summed E-state index contributed by atoms with van der Waals surface area (Å²) in [5.41, 5.74) is 6.16.